The molecule has 3 rings (SSSR count). The highest BCUT2D eigenvalue weighted by Crippen LogP contribution is 2.28. The van der Waals surface area contributed by atoms with Gasteiger partial charge in [-0.1, -0.05) is 26.0 Å². The zero-order valence-electron chi connectivity index (χ0n) is 15.3. The van der Waals surface area contributed by atoms with Crippen molar-refractivity contribution in [1.82, 2.24) is 10.6 Å². The summed E-state index contributed by atoms with van der Waals surface area (Å²) in [5.74, 6) is 0.849. The van der Waals surface area contributed by atoms with Gasteiger partial charge in [0.2, 0.25) is 5.91 Å². The van der Waals surface area contributed by atoms with Crippen LogP contribution in [-0.2, 0) is 4.79 Å². The molecule has 0 spiro atoms. The van der Waals surface area contributed by atoms with Gasteiger partial charge in [-0.05, 0) is 43.7 Å². The third-order valence-corrected chi connectivity index (χ3v) is 5.10. The number of anilines is 1. The SMILES string of the molecule is CC(C)C(=O)NC1CCN(c2ccccc2C(=O)NCC2CC2)CC1. The van der Waals surface area contributed by atoms with Crippen LogP contribution < -0.4 is 15.5 Å². The van der Waals surface area contributed by atoms with Gasteiger partial charge < -0.3 is 15.5 Å². The largest absolute Gasteiger partial charge is 0.371 e. The maximum atomic E-state index is 12.5. The summed E-state index contributed by atoms with van der Waals surface area (Å²) in [6, 6.07) is 8.08. The topological polar surface area (TPSA) is 61.4 Å². The molecule has 25 heavy (non-hydrogen) atoms. The zero-order chi connectivity index (χ0) is 17.8. The van der Waals surface area contributed by atoms with E-state index in [1.165, 1.54) is 12.8 Å². The molecule has 0 bridgehead atoms. The molecule has 136 valence electrons. The first kappa shape index (κ1) is 17.8. The predicted molar refractivity (Wildman–Crippen MR) is 99.7 cm³/mol. The van der Waals surface area contributed by atoms with Gasteiger partial charge in [-0.3, -0.25) is 9.59 Å². The molecular weight excluding hydrogens is 314 g/mol. The van der Waals surface area contributed by atoms with Crippen molar-refractivity contribution in [3.8, 4) is 0 Å². The second-order valence-corrected chi connectivity index (χ2v) is 7.60. The van der Waals surface area contributed by atoms with Gasteiger partial charge in [0, 0.05) is 37.3 Å². The molecule has 1 aromatic carbocycles. The molecule has 1 saturated heterocycles. The van der Waals surface area contributed by atoms with E-state index in [2.05, 4.69) is 15.5 Å². The molecule has 2 fully saturated rings. The molecule has 0 atom stereocenters. The number of carbonyl (C=O) groups excluding carboxylic acids is 2. The zero-order valence-corrected chi connectivity index (χ0v) is 15.3. The van der Waals surface area contributed by atoms with Crippen molar-refractivity contribution in [3.05, 3.63) is 29.8 Å². The van der Waals surface area contributed by atoms with Crippen LogP contribution >= 0.6 is 0 Å². The lowest BCUT2D eigenvalue weighted by Gasteiger charge is -2.35. The molecule has 5 nitrogen and oxygen atoms in total. The number of amides is 2. The van der Waals surface area contributed by atoms with Crippen LogP contribution in [0.4, 0.5) is 5.69 Å². The number of hydrogen-bond donors (Lipinski definition) is 2. The van der Waals surface area contributed by atoms with E-state index in [9.17, 15) is 9.59 Å². The Hall–Kier alpha value is -2.04. The van der Waals surface area contributed by atoms with E-state index in [4.69, 9.17) is 0 Å². The van der Waals surface area contributed by atoms with Crippen molar-refractivity contribution < 1.29 is 9.59 Å². The van der Waals surface area contributed by atoms with Crippen molar-refractivity contribution >= 4 is 17.5 Å². The van der Waals surface area contributed by atoms with Gasteiger partial charge in [-0.2, -0.15) is 0 Å². The summed E-state index contributed by atoms with van der Waals surface area (Å²) >= 11 is 0. The lowest BCUT2D eigenvalue weighted by atomic mass is 10.0. The van der Waals surface area contributed by atoms with Crippen LogP contribution in [0.25, 0.3) is 0 Å². The van der Waals surface area contributed by atoms with Gasteiger partial charge >= 0.3 is 0 Å². The molecule has 2 aliphatic rings. The normalized spacial score (nSPS) is 18.3. The average Bonchev–Trinajstić information content (AvgIpc) is 3.44. The van der Waals surface area contributed by atoms with E-state index in [1.807, 2.05) is 38.1 Å². The average molecular weight is 343 g/mol. The molecule has 1 heterocycles. The molecule has 1 saturated carbocycles. The number of nitrogens with one attached hydrogen (secondary N) is 2. The van der Waals surface area contributed by atoms with Crippen LogP contribution in [0.15, 0.2) is 24.3 Å². The van der Waals surface area contributed by atoms with Crippen LogP contribution in [0.1, 0.15) is 49.9 Å². The van der Waals surface area contributed by atoms with Gasteiger partial charge in [0.15, 0.2) is 0 Å². The van der Waals surface area contributed by atoms with Crippen LogP contribution in [0.2, 0.25) is 0 Å². The fraction of sp³-hybridized carbons (Fsp3) is 0.600. The van der Waals surface area contributed by atoms with Crippen LogP contribution in [0, 0.1) is 11.8 Å². The molecule has 0 radical (unpaired) electrons. The molecule has 0 unspecified atom stereocenters. The first-order valence-corrected chi connectivity index (χ1v) is 9.47. The Balaban J connectivity index is 1.59. The fourth-order valence-corrected chi connectivity index (χ4v) is 3.23. The smallest absolute Gasteiger partial charge is 0.253 e. The molecule has 2 N–H and O–H groups in total. The van der Waals surface area contributed by atoms with Gasteiger partial charge in [0.25, 0.3) is 5.91 Å². The summed E-state index contributed by atoms with van der Waals surface area (Å²) in [7, 11) is 0. The lowest BCUT2D eigenvalue weighted by Crippen LogP contribution is -2.46. The Morgan fingerprint density at radius 1 is 1.12 bits per heavy atom. The summed E-state index contributed by atoms with van der Waals surface area (Å²) in [4.78, 5) is 26.7. The molecule has 5 heteroatoms. The molecule has 1 aromatic rings. The number of para-hydroxylation sites is 1. The molecule has 1 aliphatic carbocycles. The highest BCUT2D eigenvalue weighted by molar-refractivity contribution is 5.99. The second-order valence-electron chi connectivity index (χ2n) is 7.60. The molecular formula is C20H29N3O2. The van der Waals surface area contributed by atoms with E-state index in [0.29, 0.717) is 5.92 Å². The summed E-state index contributed by atoms with van der Waals surface area (Å²) < 4.78 is 0. The van der Waals surface area contributed by atoms with E-state index in [0.717, 1.165) is 43.7 Å². The monoisotopic (exact) mass is 343 g/mol. The number of carbonyl (C=O) groups is 2. The Kier molecular flexibility index (Phi) is 5.61. The lowest BCUT2D eigenvalue weighted by molar-refractivity contribution is -0.124. The van der Waals surface area contributed by atoms with Gasteiger partial charge in [0.1, 0.15) is 0 Å². The van der Waals surface area contributed by atoms with Crippen molar-refractivity contribution in [2.45, 2.75) is 45.6 Å². The predicted octanol–water partition coefficient (Wildman–Crippen LogP) is 2.57. The van der Waals surface area contributed by atoms with E-state index in [-0.39, 0.29) is 23.8 Å². The second kappa shape index (κ2) is 7.89. The summed E-state index contributed by atoms with van der Waals surface area (Å²) in [6.45, 7) is 6.34. The Morgan fingerprint density at radius 2 is 1.80 bits per heavy atom. The van der Waals surface area contributed by atoms with Crippen LogP contribution in [0.5, 0.6) is 0 Å². The third-order valence-electron chi connectivity index (χ3n) is 5.10. The molecule has 1 aliphatic heterocycles. The maximum Gasteiger partial charge on any atom is 0.253 e. The van der Waals surface area contributed by atoms with Crippen molar-refractivity contribution in [3.63, 3.8) is 0 Å². The van der Waals surface area contributed by atoms with Crippen LogP contribution in [0.3, 0.4) is 0 Å². The highest BCUT2D eigenvalue weighted by Gasteiger charge is 2.25. The molecule has 2 amide bonds. The minimum atomic E-state index is 0.0221. The minimum Gasteiger partial charge on any atom is -0.371 e. The summed E-state index contributed by atoms with van der Waals surface area (Å²) in [6.07, 6.45) is 4.29. The van der Waals surface area contributed by atoms with Crippen LogP contribution in [-0.4, -0.2) is 37.5 Å². The van der Waals surface area contributed by atoms with Crippen molar-refractivity contribution in [2.24, 2.45) is 11.8 Å². The number of hydrogen-bond acceptors (Lipinski definition) is 3. The molecule has 0 aromatic heterocycles. The third kappa shape index (κ3) is 4.74. The summed E-state index contributed by atoms with van der Waals surface area (Å²) in [5, 5.41) is 6.19. The summed E-state index contributed by atoms with van der Waals surface area (Å²) in [5.41, 5.74) is 1.76. The Labute approximate surface area is 150 Å². The van der Waals surface area contributed by atoms with E-state index in [1.54, 1.807) is 0 Å². The van der Waals surface area contributed by atoms with Gasteiger partial charge in [-0.15, -0.1) is 0 Å². The highest BCUT2D eigenvalue weighted by atomic mass is 16.2. The quantitative estimate of drug-likeness (QED) is 0.834. The number of nitrogens with zero attached hydrogens (tertiary/aromatic N) is 1. The van der Waals surface area contributed by atoms with E-state index >= 15 is 0 Å². The standard InChI is InChI=1S/C20H29N3O2/c1-14(2)19(24)22-16-9-11-23(12-10-16)18-6-4-3-5-17(18)20(25)21-13-15-7-8-15/h3-6,14-16H,7-13H2,1-2H3,(H,21,25)(H,22,24). The Bertz CT molecular complexity index is 617. The van der Waals surface area contributed by atoms with Crippen molar-refractivity contribution in [2.75, 3.05) is 24.5 Å². The maximum absolute atomic E-state index is 12.5. The first-order valence-electron chi connectivity index (χ1n) is 9.47. The first-order chi connectivity index (χ1) is 12.0. The Morgan fingerprint density at radius 3 is 2.44 bits per heavy atom. The van der Waals surface area contributed by atoms with Crippen molar-refractivity contribution in [1.29, 1.82) is 0 Å². The van der Waals surface area contributed by atoms with Gasteiger partial charge in [-0.25, -0.2) is 0 Å². The number of benzene rings is 1. The van der Waals surface area contributed by atoms with E-state index < -0.39 is 0 Å². The minimum absolute atomic E-state index is 0.0221. The fourth-order valence-electron chi connectivity index (χ4n) is 3.23. The number of piperidine rings is 1. The van der Waals surface area contributed by atoms with Gasteiger partial charge in [0.05, 0.1) is 5.56 Å². The number of rotatable bonds is 6.